The summed E-state index contributed by atoms with van der Waals surface area (Å²) < 4.78 is 1.56. The Morgan fingerprint density at radius 3 is 1.64 bits per heavy atom. The molecule has 1 aromatic heterocycles. The third-order valence-corrected chi connectivity index (χ3v) is 7.67. The first-order valence-electron chi connectivity index (χ1n) is 8.87. The van der Waals surface area contributed by atoms with Gasteiger partial charge in [0.25, 0.3) is 0 Å². The Bertz CT molecular complexity index is 535. The Morgan fingerprint density at radius 2 is 1.24 bits per heavy atom. The molecule has 25 heavy (non-hydrogen) atoms. The van der Waals surface area contributed by atoms with Crippen LogP contribution in [0.15, 0.2) is 8.68 Å². The van der Waals surface area contributed by atoms with E-state index >= 15 is 0 Å². The third-order valence-electron chi connectivity index (χ3n) is 4.48. The van der Waals surface area contributed by atoms with Gasteiger partial charge >= 0.3 is 0 Å². The van der Waals surface area contributed by atoms with Gasteiger partial charge in [0.2, 0.25) is 11.8 Å². The Morgan fingerprint density at radius 1 is 0.840 bits per heavy atom. The van der Waals surface area contributed by atoms with Crippen molar-refractivity contribution in [3.63, 3.8) is 0 Å². The predicted octanol–water partition coefficient (Wildman–Crippen LogP) is 2.84. The van der Waals surface area contributed by atoms with Crippen molar-refractivity contribution in [1.29, 1.82) is 0 Å². The van der Waals surface area contributed by atoms with E-state index in [-0.39, 0.29) is 11.8 Å². The van der Waals surface area contributed by atoms with Crippen LogP contribution in [0.2, 0.25) is 0 Å². The predicted molar refractivity (Wildman–Crippen MR) is 102 cm³/mol. The van der Waals surface area contributed by atoms with Gasteiger partial charge in [0.05, 0.1) is 11.5 Å². The lowest BCUT2D eigenvalue weighted by Crippen LogP contribution is -2.33. The fraction of sp³-hybridized carbons (Fsp3) is 0.750. The standard InChI is InChI=1S/C16H24N4O2S3/c21-13(17-11-5-1-2-6-11)9-23-15-19-20-16(25-15)24-10-14(22)18-12-7-3-4-8-12/h11-12H,1-10H2,(H,17,21)(H,18,22). The maximum Gasteiger partial charge on any atom is 0.230 e. The molecule has 0 atom stereocenters. The molecule has 0 bridgehead atoms. The molecule has 0 aliphatic heterocycles. The first-order chi connectivity index (χ1) is 12.2. The van der Waals surface area contributed by atoms with Crippen LogP contribution in [0.3, 0.4) is 0 Å². The highest BCUT2D eigenvalue weighted by atomic mass is 32.2. The molecular formula is C16H24N4O2S3. The minimum atomic E-state index is 0.0669. The number of rotatable bonds is 8. The quantitative estimate of drug-likeness (QED) is 0.653. The molecule has 0 aromatic carbocycles. The van der Waals surface area contributed by atoms with E-state index in [1.54, 1.807) is 0 Å². The van der Waals surface area contributed by atoms with Crippen LogP contribution in [-0.4, -0.2) is 45.6 Å². The monoisotopic (exact) mass is 400 g/mol. The number of hydrogen-bond acceptors (Lipinski definition) is 7. The van der Waals surface area contributed by atoms with Crippen molar-refractivity contribution in [2.24, 2.45) is 0 Å². The van der Waals surface area contributed by atoms with Gasteiger partial charge in [0.15, 0.2) is 8.68 Å². The molecule has 2 fully saturated rings. The molecule has 0 radical (unpaired) electrons. The van der Waals surface area contributed by atoms with Gasteiger partial charge in [0, 0.05) is 12.1 Å². The highest BCUT2D eigenvalue weighted by Crippen LogP contribution is 2.29. The van der Waals surface area contributed by atoms with Gasteiger partial charge in [-0.3, -0.25) is 9.59 Å². The van der Waals surface area contributed by atoms with Gasteiger partial charge in [-0.1, -0.05) is 60.5 Å². The molecule has 6 nitrogen and oxygen atoms in total. The fourth-order valence-electron chi connectivity index (χ4n) is 3.25. The van der Waals surface area contributed by atoms with Gasteiger partial charge in [0.1, 0.15) is 0 Å². The van der Waals surface area contributed by atoms with Crippen LogP contribution in [0.5, 0.6) is 0 Å². The molecule has 0 unspecified atom stereocenters. The molecule has 2 aliphatic rings. The van der Waals surface area contributed by atoms with Crippen LogP contribution >= 0.6 is 34.9 Å². The average molecular weight is 401 g/mol. The summed E-state index contributed by atoms with van der Waals surface area (Å²) in [5.41, 5.74) is 0. The number of thioether (sulfide) groups is 2. The summed E-state index contributed by atoms with van der Waals surface area (Å²) in [5.74, 6) is 0.880. The number of amides is 2. The van der Waals surface area contributed by atoms with Gasteiger partial charge in [-0.2, -0.15) is 0 Å². The van der Waals surface area contributed by atoms with Crippen LogP contribution in [0.4, 0.5) is 0 Å². The number of carbonyl (C=O) groups is 2. The highest BCUT2D eigenvalue weighted by Gasteiger charge is 2.19. The lowest BCUT2D eigenvalue weighted by Gasteiger charge is -2.10. The van der Waals surface area contributed by atoms with Crippen molar-refractivity contribution in [3.05, 3.63) is 0 Å². The molecule has 2 amide bonds. The molecular weight excluding hydrogens is 376 g/mol. The summed E-state index contributed by atoms with van der Waals surface area (Å²) in [4.78, 5) is 23.9. The molecule has 9 heteroatoms. The van der Waals surface area contributed by atoms with Crippen molar-refractivity contribution < 1.29 is 9.59 Å². The van der Waals surface area contributed by atoms with E-state index < -0.39 is 0 Å². The molecule has 1 heterocycles. The molecule has 0 saturated heterocycles. The Labute approximate surface area is 160 Å². The number of nitrogens with one attached hydrogen (secondary N) is 2. The second-order valence-corrected chi connectivity index (χ2v) is 9.93. The Kier molecular flexibility index (Phi) is 7.42. The van der Waals surface area contributed by atoms with Crippen molar-refractivity contribution in [1.82, 2.24) is 20.8 Å². The second-order valence-electron chi connectivity index (χ2n) is 6.51. The smallest absolute Gasteiger partial charge is 0.230 e. The summed E-state index contributed by atoms with van der Waals surface area (Å²) in [5, 5.41) is 14.3. The summed E-state index contributed by atoms with van der Waals surface area (Å²) in [6.07, 6.45) is 9.23. The molecule has 138 valence electrons. The normalized spacial score (nSPS) is 18.6. The minimum Gasteiger partial charge on any atom is -0.353 e. The Hall–Kier alpha value is -0.800. The van der Waals surface area contributed by atoms with E-state index in [4.69, 9.17) is 0 Å². The highest BCUT2D eigenvalue weighted by molar-refractivity contribution is 8.03. The van der Waals surface area contributed by atoms with E-state index in [0.717, 1.165) is 34.4 Å². The van der Waals surface area contributed by atoms with E-state index in [9.17, 15) is 9.59 Å². The van der Waals surface area contributed by atoms with Crippen molar-refractivity contribution >= 4 is 46.7 Å². The van der Waals surface area contributed by atoms with Gasteiger partial charge < -0.3 is 10.6 Å². The van der Waals surface area contributed by atoms with Gasteiger partial charge in [-0.15, -0.1) is 10.2 Å². The summed E-state index contributed by atoms with van der Waals surface area (Å²) >= 11 is 4.27. The van der Waals surface area contributed by atoms with E-state index in [1.165, 1.54) is 60.5 Å². The van der Waals surface area contributed by atoms with E-state index in [0.29, 0.717) is 23.6 Å². The fourth-order valence-corrected chi connectivity index (χ4v) is 5.89. The topological polar surface area (TPSA) is 84.0 Å². The van der Waals surface area contributed by atoms with Crippen LogP contribution < -0.4 is 10.6 Å². The third kappa shape index (κ3) is 6.45. The summed E-state index contributed by atoms with van der Waals surface area (Å²) in [6, 6.07) is 0.707. The average Bonchev–Trinajstić information content (AvgIpc) is 3.34. The van der Waals surface area contributed by atoms with Crippen LogP contribution in [0, 0.1) is 0 Å². The number of aromatic nitrogens is 2. The van der Waals surface area contributed by atoms with Crippen molar-refractivity contribution in [2.75, 3.05) is 11.5 Å². The molecule has 2 aliphatic carbocycles. The van der Waals surface area contributed by atoms with Crippen LogP contribution in [-0.2, 0) is 9.59 Å². The molecule has 0 spiro atoms. The Balaban J connectivity index is 1.33. The number of hydrogen-bond donors (Lipinski definition) is 2. The maximum absolute atomic E-state index is 11.9. The van der Waals surface area contributed by atoms with Crippen molar-refractivity contribution in [3.8, 4) is 0 Å². The van der Waals surface area contributed by atoms with E-state index in [1.807, 2.05) is 0 Å². The zero-order valence-corrected chi connectivity index (χ0v) is 16.6. The van der Waals surface area contributed by atoms with Crippen LogP contribution in [0.1, 0.15) is 51.4 Å². The van der Waals surface area contributed by atoms with Crippen molar-refractivity contribution in [2.45, 2.75) is 72.1 Å². The summed E-state index contributed by atoms with van der Waals surface area (Å²) in [7, 11) is 0. The molecule has 2 N–H and O–H groups in total. The number of nitrogens with zero attached hydrogens (tertiary/aromatic N) is 2. The zero-order chi connectivity index (χ0) is 17.5. The summed E-state index contributed by atoms with van der Waals surface area (Å²) in [6.45, 7) is 0. The first-order valence-corrected chi connectivity index (χ1v) is 11.7. The van der Waals surface area contributed by atoms with Gasteiger partial charge in [-0.25, -0.2) is 0 Å². The van der Waals surface area contributed by atoms with Crippen LogP contribution in [0.25, 0.3) is 0 Å². The van der Waals surface area contributed by atoms with E-state index in [2.05, 4.69) is 20.8 Å². The van der Waals surface area contributed by atoms with Gasteiger partial charge in [-0.05, 0) is 25.7 Å². The maximum atomic E-state index is 11.9. The molecule has 2 saturated carbocycles. The largest absolute Gasteiger partial charge is 0.353 e. The molecule has 1 aromatic rings. The lowest BCUT2D eigenvalue weighted by atomic mass is 10.2. The number of carbonyl (C=O) groups excluding carboxylic acids is 2. The SMILES string of the molecule is O=C(CSc1nnc(SCC(=O)NC2CCCC2)s1)NC1CCCC1. The first kappa shape index (κ1) is 19.0. The minimum absolute atomic E-state index is 0.0669. The zero-order valence-electron chi connectivity index (χ0n) is 14.2. The molecule has 3 rings (SSSR count). The second kappa shape index (κ2) is 9.78. The lowest BCUT2D eigenvalue weighted by molar-refractivity contribution is -0.120.